The summed E-state index contributed by atoms with van der Waals surface area (Å²) in [5, 5.41) is 0. The number of para-hydroxylation sites is 1. The second kappa shape index (κ2) is 10.4. The van der Waals surface area contributed by atoms with Crippen molar-refractivity contribution in [2.45, 2.75) is 39.8 Å². The van der Waals surface area contributed by atoms with E-state index >= 15 is 0 Å². The summed E-state index contributed by atoms with van der Waals surface area (Å²) < 4.78 is 10.9. The number of ether oxygens (including phenoxy) is 2. The third-order valence-corrected chi connectivity index (χ3v) is 4.16. The van der Waals surface area contributed by atoms with Gasteiger partial charge in [-0.3, -0.25) is 9.59 Å². The first-order chi connectivity index (χ1) is 13.0. The van der Waals surface area contributed by atoms with Crippen LogP contribution in [0, 0.1) is 6.92 Å². The van der Waals surface area contributed by atoms with Crippen molar-refractivity contribution in [2.24, 2.45) is 0 Å². The Kier molecular flexibility index (Phi) is 7.86. The molecule has 0 saturated carbocycles. The summed E-state index contributed by atoms with van der Waals surface area (Å²) >= 11 is 0. The third-order valence-electron chi connectivity index (χ3n) is 4.16. The van der Waals surface area contributed by atoms with E-state index in [4.69, 9.17) is 9.47 Å². The number of esters is 1. The SMILES string of the molecule is CCOC(=O)CCN(Cc1ccccc1)C(=O)C(C)Oc1ccccc1C. The van der Waals surface area contributed by atoms with Crippen molar-refractivity contribution >= 4 is 11.9 Å². The third kappa shape index (κ3) is 6.44. The predicted octanol–water partition coefficient (Wildman–Crippen LogP) is 3.74. The first kappa shape index (κ1) is 20.5. The second-order valence-electron chi connectivity index (χ2n) is 6.33. The summed E-state index contributed by atoms with van der Waals surface area (Å²) in [5.41, 5.74) is 1.97. The number of aryl methyl sites for hydroxylation is 1. The number of amides is 1. The number of rotatable bonds is 9. The minimum atomic E-state index is -0.656. The van der Waals surface area contributed by atoms with E-state index in [0.717, 1.165) is 11.1 Å². The molecule has 2 rings (SSSR count). The summed E-state index contributed by atoms with van der Waals surface area (Å²) in [6.45, 7) is 6.47. The van der Waals surface area contributed by atoms with Gasteiger partial charge in [-0.05, 0) is 38.0 Å². The van der Waals surface area contributed by atoms with Gasteiger partial charge in [0.15, 0.2) is 6.10 Å². The Morgan fingerprint density at radius 1 is 1.04 bits per heavy atom. The highest BCUT2D eigenvalue weighted by atomic mass is 16.5. The number of carbonyl (C=O) groups is 2. The zero-order valence-electron chi connectivity index (χ0n) is 16.2. The Hall–Kier alpha value is -2.82. The van der Waals surface area contributed by atoms with Crippen LogP contribution in [0.2, 0.25) is 0 Å². The summed E-state index contributed by atoms with van der Waals surface area (Å²) in [7, 11) is 0. The van der Waals surface area contributed by atoms with Gasteiger partial charge < -0.3 is 14.4 Å². The van der Waals surface area contributed by atoms with Crippen LogP contribution < -0.4 is 4.74 Å². The lowest BCUT2D eigenvalue weighted by Crippen LogP contribution is -2.41. The van der Waals surface area contributed by atoms with E-state index in [0.29, 0.717) is 18.9 Å². The van der Waals surface area contributed by atoms with Crippen LogP contribution in [0.25, 0.3) is 0 Å². The topological polar surface area (TPSA) is 55.8 Å². The van der Waals surface area contributed by atoms with Crippen molar-refractivity contribution in [1.29, 1.82) is 0 Å². The molecule has 5 heteroatoms. The number of hydrogen-bond acceptors (Lipinski definition) is 4. The molecule has 0 heterocycles. The number of nitrogens with zero attached hydrogens (tertiary/aromatic N) is 1. The molecule has 2 aromatic rings. The average molecular weight is 369 g/mol. The maximum absolute atomic E-state index is 13.0. The van der Waals surface area contributed by atoms with Gasteiger partial charge in [0.05, 0.1) is 13.0 Å². The molecule has 27 heavy (non-hydrogen) atoms. The van der Waals surface area contributed by atoms with Gasteiger partial charge in [0.25, 0.3) is 5.91 Å². The molecule has 0 spiro atoms. The molecule has 0 bridgehead atoms. The molecule has 1 atom stereocenters. The quantitative estimate of drug-likeness (QED) is 0.632. The van der Waals surface area contributed by atoms with Crippen molar-refractivity contribution in [3.05, 3.63) is 65.7 Å². The van der Waals surface area contributed by atoms with Crippen LogP contribution >= 0.6 is 0 Å². The lowest BCUT2D eigenvalue weighted by Gasteiger charge is -2.26. The van der Waals surface area contributed by atoms with Crippen LogP contribution in [0.15, 0.2) is 54.6 Å². The first-order valence-corrected chi connectivity index (χ1v) is 9.22. The van der Waals surface area contributed by atoms with E-state index in [9.17, 15) is 9.59 Å². The molecule has 0 N–H and O–H groups in total. The Morgan fingerprint density at radius 3 is 2.37 bits per heavy atom. The minimum absolute atomic E-state index is 0.156. The van der Waals surface area contributed by atoms with Crippen molar-refractivity contribution < 1.29 is 19.1 Å². The van der Waals surface area contributed by atoms with Crippen molar-refractivity contribution in [1.82, 2.24) is 4.90 Å². The van der Waals surface area contributed by atoms with E-state index in [1.165, 1.54) is 0 Å². The van der Waals surface area contributed by atoms with E-state index in [1.54, 1.807) is 18.7 Å². The molecule has 0 radical (unpaired) electrons. The fourth-order valence-electron chi connectivity index (χ4n) is 2.72. The Labute approximate surface area is 160 Å². The van der Waals surface area contributed by atoms with Crippen LogP contribution in [-0.4, -0.2) is 36.0 Å². The van der Waals surface area contributed by atoms with Crippen molar-refractivity contribution in [2.75, 3.05) is 13.2 Å². The van der Waals surface area contributed by atoms with Crippen LogP contribution in [0.4, 0.5) is 0 Å². The molecule has 1 unspecified atom stereocenters. The predicted molar refractivity (Wildman–Crippen MR) is 104 cm³/mol. The molecule has 0 aliphatic rings. The van der Waals surface area contributed by atoms with Crippen molar-refractivity contribution in [3.63, 3.8) is 0 Å². The number of carbonyl (C=O) groups excluding carboxylic acids is 2. The highest BCUT2D eigenvalue weighted by Crippen LogP contribution is 2.19. The van der Waals surface area contributed by atoms with E-state index in [1.807, 2.05) is 61.5 Å². The largest absolute Gasteiger partial charge is 0.481 e. The molecule has 1 amide bonds. The summed E-state index contributed by atoms with van der Waals surface area (Å²) in [6.07, 6.45) is -0.499. The van der Waals surface area contributed by atoms with Gasteiger partial charge in [-0.2, -0.15) is 0 Å². The summed E-state index contributed by atoms with van der Waals surface area (Å²) in [4.78, 5) is 26.4. The Balaban J connectivity index is 2.08. The van der Waals surface area contributed by atoms with Gasteiger partial charge in [-0.1, -0.05) is 48.5 Å². The van der Waals surface area contributed by atoms with E-state index in [-0.39, 0.29) is 24.8 Å². The highest BCUT2D eigenvalue weighted by molar-refractivity contribution is 5.81. The molecular formula is C22H27NO4. The van der Waals surface area contributed by atoms with E-state index < -0.39 is 6.10 Å². The molecular weight excluding hydrogens is 342 g/mol. The van der Waals surface area contributed by atoms with Gasteiger partial charge in [-0.15, -0.1) is 0 Å². The molecule has 0 aliphatic carbocycles. The maximum Gasteiger partial charge on any atom is 0.307 e. The second-order valence-corrected chi connectivity index (χ2v) is 6.33. The molecule has 0 saturated heterocycles. The van der Waals surface area contributed by atoms with Gasteiger partial charge in [-0.25, -0.2) is 0 Å². The number of benzene rings is 2. The van der Waals surface area contributed by atoms with Gasteiger partial charge in [0.1, 0.15) is 5.75 Å². The Bertz CT molecular complexity index is 745. The van der Waals surface area contributed by atoms with Gasteiger partial charge in [0, 0.05) is 13.1 Å². The summed E-state index contributed by atoms with van der Waals surface area (Å²) in [5.74, 6) is 0.214. The zero-order valence-corrected chi connectivity index (χ0v) is 16.2. The van der Waals surface area contributed by atoms with Crippen LogP contribution in [0.5, 0.6) is 5.75 Å². The van der Waals surface area contributed by atoms with Gasteiger partial charge >= 0.3 is 5.97 Å². The molecule has 5 nitrogen and oxygen atoms in total. The fraction of sp³-hybridized carbons (Fsp3) is 0.364. The van der Waals surface area contributed by atoms with Crippen LogP contribution in [0.1, 0.15) is 31.4 Å². The minimum Gasteiger partial charge on any atom is -0.481 e. The first-order valence-electron chi connectivity index (χ1n) is 9.22. The lowest BCUT2D eigenvalue weighted by molar-refractivity contribution is -0.145. The van der Waals surface area contributed by atoms with Crippen LogP contribution in [-0.2, 0) is 20.9 Å². The molecule has 144 valence electrons. The molecule has 0 fully saturated rings. The number of hydrogen-bond donors (Lipinski definition) is 0. The summed E-state index contributed by atoms with van der Waals surface area (Å²) in [6, 6.07) is 17.3. The maximum atomic E-state index is 13.0. The molecule has 0 aliphatic heterocycles. The molecule has 0 aromatic heterocycles. The fourth-order valence-corrected chi connectivity index (χ4v) is 2.72. The monoisotopic (exact) mass is 369 g/mol. The zero-order chi connectivity index (χ0) is 19.6. The van der Waals surface area contributed by atoms with Crippen molar-refractivity contribution in [3.8, 4) is 5.75 Å². The standard InChI is InChI=1S/C22H27NO4/c1-4-26-21(24)14-15-23(16-19-11-6-5-7-12-19)22(25)18(3)27-20-13-9-8-10-17(20)2/h5-13,18H,4,14-16H2,1-3H3. The lowest BCUT2D eigenvalue weighted by atomic mass is 10.2. The Morgan fingerprint density at radius 2 is 1.70 bits per heavy atom. The van der Waals surface area contributed by atoms with Gasteiger partial charge in [0.2, 0.25) is 0 Å². The van der Waals surface area contributed by atoms with E-state index in [2.05, 4.69) is 0 Å². The molecule has 2 aromatic carbocycles. The normalized spacial score (nSPS) is 11.5. The smallest absolute Gasteiger partial charge is 0.307 e. The van der Waals surface area contributed by atoms with Crippen LogP contribution in [0.3, 0.4) is 0 Å². The average Bonchev–Trinajstić information content (AvgIpc) is 2.67. The highest BCUT2D eigenvalue weighted by Gasteiger charge is 2.23.